The van der Waals surface area contributed by atoms with Crippen LogP contribution in [0.4, 0.5) is 0 Å². The van der Waals surface area contributed by atoms with E-state index in [2.05, 4.69) is 35.6 Å². The number of hydrogen-bond acceptors (Lipinski definition) is 4. The number of carbonyl (C=O) groups is 1. The number of aromatic nitrogens is 2. The summed E-state index contributed by atoms with van der Waals surface area (Å²) in [6.45, 7) is 5.94. The minimum Gasteiger partial charge on any atom is -0.293 e. The largest absolute Gasteiger partial charge is 0.293 e. The zero-order valence-corrected chi connectivity index (χ0v) is 11.0. The molecule has 0 spiro atoms. The molecule has 1 aromatic heterocycles. The van der Waals surface area contributed by atoms with Crippen LogP contribution in [0, 0.1) is 20.8 Å². The predicted octanol–water partition coefficient (Wildman–Crippen LogP) is 2.89. The number of carbonyl (C=O) groups excluding carboxylic acids is 1. The molecule has 1 heterocycles. The minimum atomic E-state index is 0.0979. The van der Waals surface area contributed by atoms with E-state index < -0.39 is 0 Å². The number of rotatable bonds is 3. The number of ketones is 1. The summed E-state index contributed by atoms with van der Waals surface area (Å²) in [4.78, 5) is 12.7. The van der Waals surface area contributed by atoms with Gasteiger partial charge in [0.2, 0.25) is 0 Å². The average Bonchev–Trinajstić information content (AvgIpc) is 2.70. The number of aryl methyl sites for hydroxylation is 3. The maximum atomic E-state index is 12.0. The lowest BCUT2D eigenvalue weighted by molar-refractivity contribution is 0.0996. The van der Waals surface area contributed by atoms with Crippen LogP contribution in [0.3, 0.4) is 0 Å². The predicted molar refractivity (Wildman–Crippen MR) is 68.6 cm³/mol. The summed E-state index contributed by atoms with van der Waals surface area (Å²) < 4.78 is 3.79. The Kier molecular flexibility index (Phi) is 3.33. The Morgan fingerprint density at radius 2 is 2.00 bits per heavy atom. The third-order valence-corrected chi connectivity index (χ3v) is 3.71. The molecule has 0 bridgehead atoms. The van der Waals surface area contributed by atoms with Gasteiger partial charge in [-0.25, -0.2) is 0 Å². The fourth-order valence-corrected chi connectivity index (χ4v) is 2.26. The summed E-state index contributed by atoms with van der Waals surface area (Å²) in [7, 11) is 0. The molecule has 0 radical (unpaired) electrons. The van der Waals surface area contributed by atoms with E-state index in [4.69, 9.17) is 0 Å². The molecule has 0 N–H and O–H groups in total. The van der Waals surface area contributed by atoms with Crippen molar-refractivity contribution in [1.29, 1.82) is 0 Å². The molecule has 0 saturated heterocycles. The van der Waals surface area contributed by atoms with Crippen LogP contribution in [0.5, 0.6) is 0 Å². The van der Waals surface area contributed by atoms with Gasteiger partial charge in [0.25, 0.3) is 0 Å². The average molecular weight is 246 g/mol. The SMILES string of the molecule is Cc1ccc(CC(=O)c2snnc2C)cc1C. The molecule has 0 unspecified atom stereocenters. The smallest absolute Gasteiger partial charge is 0.180 e. The first-order valence-corrected chi connectivity index (χ1v) is 6.23. The van der Waals surface area contributed by atoms with Crippen molar-refractivity contribution in [1.82, 2.24) is 9.59 Å². The number of hydrogen-bond donors (Lipinski definition) is 0. The van der Waals surface area contributed by atoms with Gasteiger partial charge in [0.15, 0.2) is 5.78 Å². The Morgan fingerprint density at radius 1 is 1.24 bits per heavy atom. The maximum Gasteiger partial charge on any atom is 0.180 e. The molecule has 0 aliphatic carbocycles. The van der Waals surface area contributed by atoms with Crippen molar-refractivity contribution in [2.45, 2.75) is 27.2 Å². The van der Waals surface area contributed by atoms with Gasteiger partial charge in [-0.15, -0.1) is 5.10 Å². The Bertz CT molecular complexity index is 560. The second-order valence-electron chi connectivity index (χ2n) is 4.21. The van der Waals surface area contributed by atoms with Crippen molar-refractivity contribution in [2.75, 3.05) is 0 Å². The first-order chi connectivity index (χ1) is 8.08. The third-order valence-electron chi connectivity index (χ3n) is 2.84. The van der Waals surface area contributed by atoms with Crippen LogP contribution in [-0.2, 0) is 6.42 Å². The first-order valence-electron chi connectivity index (χ1n) is 5.46. The van der Waals surface area contributed by atoms with Gasteiger partial charge in [-0.3, -0.25) is 4.79 Å². The molecule has 17 heavy (non-hydrogen) atoms. The first kappa shape index (κ1) is 11.9. The standard InChI is InChI=1S/C13H14N2OS/c1-8-4-5-11(6-9(8)2)7-12(16)13-10(3)14-15-17-13/h4-6H,7H2,1-3H3. The van der Waals surface area contributed by atoms with E-state index in [1.54, 1.807) is 0 Å². The van der Waals surface area contributed by atoms with Crippen LogP contribution in [0.2, 0.25) is 0 Å². The summed E-state index contributed by atoms with van der Waals surface area (Å²) in [5.74, 6) is 0.0979. The second kappa shape index (κ2) is 4.75. The van der Waals surface area contributed by atoms with Crippen molar-refractivity contribution < 1.29 is 4.79 Å². The molecule has 0 aliphatic rings. The van der Waals surface area contributed by atoms with Gasteiger partial charge in [0.05, 0.1) is 5.69 Å². The number of Topliss-reactive ketones (excluding diaryl/α,β-unsaturated/α-hetero) is 1. The van der Waals surface area contributed by atoms with Crippen LogP contribution in [-0.4, -0.2) is 15.4 Å². The molecule has 0 fully saturated rings. The lowest BCUT2D eigenvalue weighted by atomic mass is 10.0. The van der Waals surface area contributed by atoms with E-state index in [1.807, 2.05) is 13.0 Å². The van der Waals surface area contributed by atoms with Crippen LogP contribution in [0.25, 0.3) is 0 Å². The Morgan fingerprint density at radius 3 is 2.59 bits per heavy atom. The van der Waals surface area contributed by atoms with Gasteiger partial charge in [0, 0.05) is 6.42 Å². The van der Waals surface area contributed by atoms with Gasteiger partial charge < -0.3 is 0 Å². The number of benzene rings is 1. The highest BCUT2D eigenvalue weighted by Crippen LogP contribution is 2.15. The van der Waals surface area contributed by atoms with Crippen LogP contribution < -0.4 is 0 Å². The molecular formula is C13H14N2OS. The lowest BCUT2D eigenvalue weighted by Crippen LogP contribution is -2.03. The summed E-state index contributed by atoms with van der Waals surface area (Å²) in [5, 5.41) is 3.86. The monoisotopic (exact) mass is 246 g/mol. The Hall–Kier alpha value is -1.55. The molecule has 0 aliphatic heterocycles. The Balaban J connectivity index is 2.19. The highest BCUT2D eigenvalue weighted by Gasteiger charge is 2.13. The molecule has 2 aromatic rings. The summed E-state index contributed by atoms with van der Waals surface area (Å²) in [5.41, 5.74) is 4.24. The van der Waals surface area contributed by atoms with E-state index in [9.17, 15) is 4.79 Å². The van der Waals surface area contributed by atoms with E-state index in [0.717, 1.165) is 11.3 Å². The van der Waals surface area contributed by atoms with Gasteiger partial charge in [-0.2, -0.15) is 0 Å². The van der Waals surface area contributed by atoms with Crippen LogP contribution in [0.15, 0.2) is 18.2 Å². The fourth-order valence-electron chi connectivity index (χ4n) is 1.67. The molecule has 0 saturated carbocycles. The molecule has 4 heteroatoms. The van der Waals surface area contributed by atoms with E-state index in [1.165, 1.54) is 22.7 Å². The normalized spacial score (nSPS) is 10.5. The van der Waals surface area contributed by atoms with Crippen molar-refractivity contribution in [3.63, 3.8) is 0 Å². The van der Waals surface area contributed by atoms with E-state index >= 15 is 0 Å². The van der Waals surface area contributed by atoms with Crippen molar-refractivity contribution in [3.05, 3.63) is 45.5 Å². The fraction of sp³-hybridized carbons (Fsp3) is 0.308. The summed E-state index contributed by atoms with van der Waals surface area (Å²) in [6, 6.07) is 6.12. The molecular weight excluding hydrogens is 232 g/mol. The quantitative estimate of drug-likeness (QED) is 0.782. The zero-order chi connectivity index (χ0) is 12.4. The summed E-state index contributed by atoms with van der Waals surface area (Å²) in [6.07, 6.45) is 0.422. The zero-order valence-electron chi connectivity index (χ0n) is 10.2. The van der Waals surface area contributed by atoms with Crippen molar-refractivity contribution in [2.24, 2.45) is 0 Å². The highest BCUT2D eigenvalue weighted by atomic mass is 32.1. The van der Waals surface area contributed by atoms with Gasteiger partial charge in [-0.1, -0.05) is 22.7 Å². The maximum absolute atomic E-state index is 12.0. The summed E-state index contributed by atoms with van der Waals surface area (Å²) >= 11 is 1.17. The molecule has 0 amide bonds. The van der Waals surface area contributed by atoms with Gasteiger partial charge in [0.1, 0.15) is 4.88 Å². The highest BCUT2D eigenvalue weighted by molar-refractivity contribution is 7.08. The molecule has 0 atom stereocenters. The van der Waals surface area contributed by atoms with E-state index in [0.29, 0.717) is 11.3 Å². The molecule has 1 aromatic carbocycles. The second-order valence-corrected chi connectivity index (χ2v) is 4.96. The van der Waals surface area contributed by atoms with Crippen LogP contribution >= 0.6 is 11.5 Å². The lowest BCUT2D eigenvalue weighted by Gasteiger charge is -2.04. The van der Waals surface area contributed by atoms with Gasteiger partial charge >= 0.3 is 0 Å². The molecule has 3 nitrogen and oxygen atoms in total. The molecule has 88 valence electrons. The minimum absolute atomic E-state index is 0.0979. The topological polar surface area (TPSA) is 42.9 Å². The third kappa shape index (κ3) is 2.58. The van der Waals surface area contributed by atoms with Crippen molar-refractivity contribution >= 4 is 17.3 Å². The number of nitrogens with zero attached hydrogens (tertiary/aromatic N) is 2. The van der Waals surface area contributed by atoms with Crippen LogP contribution in [0.1, 0.15) is 32.1 Å². The Labute approximate surface area is 105 Å². The molecule has 2 rings (SSSR count). The van der Waals surface area contributed by atoms with Gasteiger partial charge in [-0.05, 0) is 49.0 Å². The van der Waals surface area contributed by atoms with Crippen molar-refractivity contribution in [3.8, 4) is 0 Å². The van der Waals surface area contributed by atoms with E-state index in [-0.39, 0.29) is 5.78 Å².